The van der Waals surface area contributed by atoms with Crippen molar-refractivity contribution in [1.82, 2.24) is 10.2 Å². The molecule has 0 aromatic heterocycles. The van der Waals surface area contributed by atoms with Crippen LogP contribution in [0.4, 0.5) is 0 Å². The second-order valence-corrected chi connectivity index (χ2v) is 7.03. The number of rotatable bonds is 3. The van der Waals surface area contributed by atoms with Gasteiger partial charge in [-0.05, 0) is 32.1 Å². The molecule has 100 valence electrons. The zero-order chi connectivity index (χ0) is 12.9. The van der Waals surface area contributed by atoms with Crippen molar-refractivity contribution in [3.8, 4) is 0 Å². The molecule has 1 N–H and O–H groups in total. The predicted octanol–water partition coefficient (Wildman–Crippen LogP) is 1.45. The van der Waals surface area contributed by atoms with E-state index in [-0.39, 0.29) is 23.8 Å². The standard InChI is InChI=1S/C12H16Cl2N2O2/c13-12(14)6-8(12)11(18)16-5-1-2-9(16)10(17)15-7-3-4-7/h7-9H,1-6H2,(H,15,17). The van der Waals surface area contributed by atoms with Gasteiger partial charge in [0.2, 0.25) is 11.8 Å². The Bertz CT molecular complexity index is 396. The number of carbonyl (C=O) groups is 2. The van der Waals surface area contributed by atoms with Crippen LogP contribution >= 0.6 is 23.2 Å². The molecular weight excluding hydrogens is 275 g/mol. The average Bonchev–Trinajstić information content (AvgIpc) is 3.16. The van der Waals surface area contributed by atoms with Crippen molar-refractivity contribution in [1.29, 1.82) is 0 Å². The molecule has 1 saturated heterocycles. The number of carbonyl (C=O) groups excluding carboxylic acids is 2. The molecule has 4 nitrogen and oxygen atoms in total. The highest BCUT2D eigenvalue weighted by Crippen LogP contribution is 2.54. The van der Waals surface area contributed by atoms with Gasteiger partial charge < -0.3 is 10.2 Å². The lowest BCUT2D eigenvalue weighted by atomic mass is 10.2. The third-order valence-corrected chi connectivity index (χ3v) is 4.72. The fourth-order valence-corrected chi connectivity index (χ4v) is 3.00. The molecule has 2 amide bonds. The minimum atomic E-state index is -0.906. The minimum absolute atomic E-state index is 0.0151. The highest BCUT2D eigenvalue weighted by atomic mass is 35.5. The molecule has 0 aromatic carbocycles. The van der Waals surface area contributed by atoms with E-state index in [1.165, 1.54) is 0 Å². The zero-order valence-corrected chi connectivity index (χ0v) is 11.5. The van der Waals surface area contributed by atoms with Crippen molar-refractivity contribution in [2.75, 3.05) is 6.54 Å². The molecule has 0 spiro atoms. The molecule has 6 heteroatoms. The van der Waals surface area contributed by atoms with Gasteiger partial charge in [0.25, 0.3) is 0 Å². The molecule has 2 saturated carbocycles. The van der Waals surface area contributed by atoms with Gasteiger partial charge in [-0.3, -0.25) is 9.59 Å². The summed E-state index contributed by atoms with van der Waals surface area (Å²) in [5.41, 5.74) is 0. The van der Waals surface area contributed by atoms with E-state index < -0.39 is 4.33 Å². The van der Waals surface area contributed by atoms with Gasteiger partial charge in [-0.1, -0.05) is 0 Å². The van der Waals surface area contributed by atoms with E-state index in [1.807, 2.05) is 0 Å². The van der Waals surface area contributed by atoms with E-state index in [2.05, 4.69) is 5.32 Å². The van der Waals surface area contributed by atoms with Crippen molar-refractivity contribution in [2.24, 2.45) is 5.92 Å². The van der Waals surface area contributed by atoms with Crippen LogP contribution in [0.5, 0.6) is 0 Å². The summed E-state index contributed by atoms with van der Waals surface area (Å²) in [5, 5.41) is 2.96. The molecule has 0 aromatic rings. The number of hydrogen-bond acceptors (Lipinski definition) is 2. The quantitative estimate of drug-likeness (QED) is 0.800. The second kappa shape index (κ2) is 4.27. The summed E-state index contributed by atoms with van der Waals surface area (Å²) in [6.45, 7) is 0.641. The molecular formula is C12H16Cl2N2O2. The van der Waals surface area contributed by atoms with Crippen LogP contribution in [0.25, 0.3) is 0 Å². The summed E-state index contributed by atoms with van der Waals surface area (Å²) in [6, 6.07) is 0.0129. The molecule has 2 atom stereocenters. The number of halogens is 2. The van der Waals surface area contributed by atoms with Crippen LogP contribution in [-0.2, 0) is 9.59 Å². The SMILES string of the molecule is O=C(NC1CC1)C1CCCN1C(=O)C1CC1(Cl)Cl. The molecule has 0 bridgehead atoms. The number of nitrogens with zero attached hydrogens (tertiary/aromatic N) is 1. The van der Waals surface area contributed by atoms with Crippen LogP contribution in [0.15, 0.2) is 0 Å². The first-order chi connectivity index (χ1) is 8.49. The smallest absolute Gasteiger partial charge is 0.243 e. The van der Waals surface area contributed by atoms with Crippen LogP contribution in [-0.4, -0.2) is 39.7 Å². The van der Waals surface area contributed by atoms with Crippen molar-refractivity contribution >= 4 is 35.0 Å². The van der Waals surface area contributed by atoms with Gasteiger partial charge in [0.05, 0.1) is 5.92 Å². The van der Waals surface area contributed by atoms with Crippen molar-refractivity contribution in [3.63, 3.8) is 0 Å². The minimum Gasteiger partial charge on any atom is -0.352 e. The third kappa shape index (κ3) is 2.32. The largest absolute Gasteiger partial charge is 0.352 e. The number of nitrogens with one attached hydrogen (secondary N) is 1. The van der Waals surface area contributed by atoms with Crippen LogP contribution in [0.1, 0.15) is 32.1 Å². The lowest BCUT2D eigenvalue weighted by molar-refractivity contribution is -0.139. The average molecular weight is 291 g/mol. The van der Waals surface area contributed by atoms with Gasteiger partial charge in [0.15, 0.2) is 0 Å². The maximum Gasteiger partial charge on any atom is 0.243 e. The second-order valence-electron chi connectivity index (χ2n) is 5.49. The molecule has 3 rings (SSSR count). The Hall–Kier alpha value is -0.480. The molecule has 3 fully saturated rings. The Kier molecular flexibility index (Phi) is 2.98. The first-order valence-electron chi connectivity index (χ1n) is 6.48. The van der Waals surface area contributed by atoms with Gasteiger partial charge in [-0.15, -0.1) is 23.2 Å². The Morgan fingerprint density at radius 2 is 1.89 bits per heavy atom. The molecule has 2 aliphatic carbocycles. The Balaban J connectivity index is 1.63. The Morgan fingerprint density at radius 3 is 2.44 bits per heavy atom. The normalized spacial score (nSPS) is 33.3. The van der Waals surface area contributed by atoms with E-state index in [0.717, 1.165) is 25.7 Å². The number of alkyl halides is 2. The third-order valence-electron chi connectivity index (χ3n) is 3.89. The van der Waals surface area contributed by atoms with E-state index in [0.29, 0.717) is 19.0 Å². The Labute approximate surface area is 116 Å². The zero-order valence-electron chi connectivity index (χ0n) is 9.99. The van der Waals surface area contributed by atoms with E-state index in [4.69, 9.17) is 23.2 Å². The van der Waals surface area contributed by atoms with Gasteiger partial charge in [0, 0.05) is 12.6 Å². The van der Waals surface area contributed by atoms with E-state index in [1.54, 1.807) is 4.90 Å². The predicted molar refractivity (Wildman–Crippen MR) is 68.4 cm³/mol. The van der Waals surface area contributed by atoms with Crippen molar-refractivity contribution in [3.05, 3.63) is 0 Å². The topological polar surface area (TPSA) is 49.4 Å². The van der Waals surface area contributed by atoms with E-state index >= 15 is 0 Å². The number of amides is 2. The van der Waals surface area contributed by atoms with Gasteiger partial charge in [-0.2, -0.15) is 0 Å². The fraction of sp³-hybridized carbons (Fsp3) is 0.833. The first-order valence-corrected chi connectivity index (χ1v) is 7.23. The first kappa shape index (κ1) is 12.5. The van der Waals surface area contributed by atoms with Crippen LogP contribution < -0.4 is 5.32 Å². The van der Waals surface area contributed by atoms with Crippen molar-refractivity contribution < 1.29 is 9.59 Å². The molecule has 1 aliphatic heterocycles. The summed E-state index contributed by atoms with van der Waals surface area (Å²) >= 11 is 11.8. The Morgan fingerprint density at radius 1 is 1.22 bits per heavy atom. The van der Waals surface area contributed by atoms with Crippen LogP contribution in [0, 0.1) is 5.92 Å². The maximum atomic E-state index is 12.2. The number of likely N-dealkylation sites (tertiary alicyclic amines) is 1. The van der Waals surface area contributed by atoms with Gasteiger partial charge >= 0.3 is 0 Å². The van der Waals surface area contributed by atoms with E-state index in [9.17, 15) is 9.59 Å². The van der Waals surface area contributed by atoms with Crippen LogP contribution in [0.3, 0.4) is 0 Å². The fourth-order valence-electron chi connectivity index (χ4n) is 2.51. The van der Waals surface area contributed by atoms with Crippen molar-refractivity contribution in [2.45, 2.75) is 48.5 Å². The molecule has 3 aliphatic rings. The lowest BCUT2D eigenvalue weighted by Crippen LogP contribution is -2.47. The summed E-state index contributed by atoms with van der Waals surface area (Å²) < 4.78 is -0.906. The number of hydrogen-bond donors (Lipinski definition) is 1. The highest BCUT2D eigenvalue weighted by Gasteiger charge is 2.58. The maximum absolute atomic E-state index is 12.2. The van der Waals surface area contributed by atoms with Gasteiger partial charge in [0.1, 0.15) is 10.4 Å². The highest BCUT2D eigenvalue weighted by molar-refractivity contribution is 6.52. The summed E-state index contributed by atoms with van der Waals surface area (Å²) in [4.78, 5) is 25.9. The summed E-state index contributed by atoms with van der Waals surface area (Å²) in [6.07, 6.45) is 4.23. The van der Waals surface area contributed by atoms with Crippen LogP contribution in [0.2, 0.25) is 0 Å². The monoisotopic (exact) mass is 290 g/mol. The molecule has 1 heterocycles. The summed E-state index contributed by atoms with van der Waals surface area (Å²) in [5.74, 6) is -0.401. The molecule has 2 unspecified atom stereocenters. The molecule has 0 radical (unpaired) electrons. The summed E-state index contributed by atoms with van der Waals surface area (Å²) in [7, 11) is 0. The lowest BCUT2D eigenvalue weighted by Gasteiger charge is -2.24. The van der Waals surface area contributed by atoms with Gasteiger partial charge in [-0.25, -0.2) is 0 Å². The molecule has 18 heavy (non-hydrogen) atoms.